The SMILES string of the molecule is C.[N-]=[N+]=NCc1ccccc1C(F)(F)F. The van der Waals surface area contributed by atoms with E-state index in [1.807, 2.05) is 0 Å². The van der Waals surface area contributed by atoms with E-state index >= 15 is 0 Å². The number of hydrogen-bond donors (Lipinski definition) is 0. The third kappa shape index (κ3) is 3.52. The van der Waals surface area contributed by atoms with Gasteiger partial charge >= 0.3 is 6.18 Å². The average molecular weight is 217 g/mol. The van der Waals surface area contributed by atoms with Crippen LogP contribution in [0.4, 0.5) is 13.2 Å². The zero-order valence-corrected chi connectivity index (χ0v) is 6.99. The Balaban J connectivity index is 0.00000196. The number of alkyl halides is 3. The van der Waals surface area contributed by atoms with E-state index in [1.165, 1.54) is 18.2 Å². The Hall–Kier alpha value is -1.68. The van der Waals surface area contributed by atoms with Crippen LogP contribution in [0.5, 0.6) is 0 Å². The Morgan fingerprint density at radius 2 is 1.87 bits per heavy atom. The van der Waals surface area contributed by atoms with Crippen molar-refractivity contribution in [1.29, 1.82) is 0 Å². The van der Waals surface area contributed by atoms with Gasteiger partial charge in [0, 0.05) is 4.91 Å². The summed E-state index contributed by atoms with van der Waals surface area (Å²) in [5.74, 6) is 0. The molecule has 1 aromatic rings. The van der Waals surface area contributed by atoms with Crippen molar-refractivity contribution in [3.05, 3.63) is 45.8 Å². The molecule has 0 unspecified atom stereocenters. The summed E-state index contributed by atoms with van der Waals surface area (Å²) in [5.41, 5.74) is 7.23. The van der Waals surface area contributed by atoms with Gasteiger partial charge in [-0.05, 0) is 17.2 Å². The maximum absolute atomic E-state index is 12.3. The molecule has 0 aliphatic heterocycles. The highest BCUT2D eigenvalue weighted by molar-refractivity contribution is 5.29. The molecule has 0 saturated carbocycles. The monoisotopic (exact) mass is 217 g/mol. The lowest BCUT2D eigenvalue weighted by atomic mass is 10.1. The van der Waals surface area contributed by atoms with Gasteiger partial charge in [0.2, 0.25) is 0 Å². The highest BCUT2D eigenvalue weighted by Crippen LogP contribution is 2.31. The Bertz CT molecular complexity index is 367. The molecule has 0 N–H and O–H groups in total. The molecule has 0 aromatic heterocycles. The van der Waals surface area contributed by atoms with Crippen LogP contribution in [0.2, 0.25) is 0 Å². The Labute approximate surface area is 85.2 Å². The van der Waals surface area contributed by atoms with Gasteiger partial charge in [-0.1, -0.05) is 30.7 Å². The summed E-state index contributed by atoms with van der Waals surface area (Å²) < 4.78 is 37.0. The lowest BCUT2D eigenvalue weighted by Crippen LogP contribution is -2.08. The minimum atomic E-state index is -4.40. The molecular formula is C9H10F3N3. The highest BCUT2D eigenvalue weighted by atomic mass is 19.4. The van der Waals surface area contributed by atoms with Crippen LogP contribution in [-0.4, -0.2) is 0 Å². The van der Waals surface area contributed by atoms with Crippen LogP contribution >= 0.6 is 0 Å². The molecule has 0 aliphatic carbocycles. The highest BCUT2D eigenvalue weighted by Gasteiger charge is 2.32. The van der Waals surface area contributed by atoms with Crippen LogP contribution in [0, 0.1) is 0 Å². The second kappa shape index (κ2) is 5.26. The summed E-state index contributed by atoms with van der Waals surface area (Å²) in [6.45, 7) is -0.286. The van der Waals surface area contributed by atoms with Gasteiger partial charge in [0.15, 0.2) is 0 Å². The van der Waals surface area contributed by atoms with Crippen molar-refractivity contribution in [3.8, 4) is 0 Å². The summed E-state index contributed by atoms with van der Waals surface area (Å²) in [6, 6.07) is 5.01. The molecule has 0 fully saturated rings. The van der Waals surface area contributed by atoms with Crippen molar-refractivity contribution >= 4 is 0 Å². The first-order chi connectivity index (χ1) is 6.55. The predicted octanol–water partition coefficient (Wildman–Crippen LogP) is 4.15. The molecule has 3 nitrogen and oxygen atoms in total. The molecular weight excluding hydrogens is 207 g/mol. The minimum Gasteiger partial charge on any atom is -0.166 e. The van der Waals surface area contributed by atoms with E-state index in [0.29, 0.717) is 0 Å². The first kappa shape index (κ1) is 13.3. The first-order valence-electron chi connectivity index (χ1n) is 3.71. The third-order valence-corrected chi connectivity index (χ3v) is 1.63. The van der Waals surface area contributed by atoms with Crippen LogP contribution in [-0.2, 0) is 12.7 Å². The van der Waals surface area contributed by atoms with Crippen LogP contribution < -0.4 is 0 Å². The fraction of sp³-hybridized carbons (Fsp3) is 0.333. The van der Waals surface area contributed by atoms with Crippen molar-refractivity contribution < 1.29 is 13.2 Å². The van der Waals surface area contributed by atoms with Crippen molar-refractivity contribution in [2.75, 3.05) is 0 Å². The standard InChI is InChI=1S/C8H6F3N3.CH4/c9-8(10,11)7-4-2-1-3-6(7)5-13-14-12;/h1-4H,5H2;1H4. The lowest BCUT2D eigenvalue weighted by Gasteiger charge is -2.10. The fourth-order valence-electron chi connectivity index (χ4n) is 1.04. The molecule has 0 heterocycles. The maximum Gasteiger partial charge on any atom is 0.416 e. The summed E-state index contributed by atoms with van der Waals surface area (Å²) in [4.78, 5) is 2.41. The molecule has 0 amide bonds. The summed E-state index contributed by atoms with van der Waals surface area (Å²) in [5, 5.41) is 3.10. The molecule has 82 valence electrons. The minimum absolute atomic E-state index is 0. The van der Waals surface area contributed by atoms with Crippen LogP contribution in [0.15, 0.2) is 29.4 Å². The number of halogens is 3. The van der Waals surface area contributed by atoms with Crippen LogP contribution in [0.1, 0.15) is 18.6 Å². The number of nitrogens with zero attached hydrogens (tertiary/aromatic N) is 3. The molecule has 0 aliphatic rings. The van der Waals surface area contributed by atoms with Gasteiger partial charge in [-0.2, -0.15) is 13.2 Å². The van der Waals surface area contributed by atoms with Gasteiger partial charge in [-0.15, -0.1) is 0 Å². The predicted molar refractivity (Wildman–Crippen MR) is 51.0 cm³/mol. The van der Waals surface area contributed by atoms with E-state index < -0.39 is 11.7 Å². The molecule has 15 heavy (non-hydrogen) atoms. The van der Waals surface area contributed by atoms with E-state index in [2.05, 4.69) is 10.0 Å². The van der Waals surface area contributed by atoms with E-state index in [0.717, 1.165) is 6.07 Å². The van der Waals surface area contributed by atoms with Crippen molar-refractivity contribution in [2.45, 2.75) is 20.1 Å². The number of benzene rings is 1. The van der Waals surface area contributed by atoms with E-state index in [9.17, 15) is 13.2 Å². The second-order valence-electron chi connectivity index (χ2n) is 2.54. The number of azide groups is 1. The van der Waals surface area contributed by atoms with Crippen LogP contribution in [0.3, 0.4) is 0 Å². The van der Waals surface area contributed by atoms with Gasteiger partial charge in [-0.3, -0.25) is 0 Å². The molecule has 0 radical (unpaired) electrons. The summed E-state index contributed by atoms with van der Waals surface area (Å²) in [6.07, 6.45) is -4.40. The average Bonchev–Trinajstić information content (AvgIpc) is 2.14. The van der Waals surface area contributed by atoms with E-state index in [-0.39, 0.29) is 19.5 Å². The Morgan fingerprint density at radius 1 is 1.27 bits per heavy atom. The van der Waals surface area contributed by atoms with Gasteiger partial charge in [-0.25, -0.2) is 0 Å². The largest absolute Gasteiger partial charge is 0.416 e. The normalized spacial score (nSPS) is 10.1. The molecule has 0 spiro atoms. The van der Waals surface area contributed by atoms with Gasteiger partial charge < -0.3 is 0 Å². The molecule has 0 bridgehead atoms. The summed E-state index contributed by atoms with van der Waals surface area (Å²) >= 11 is 0. The topological polar surface area (TPSA) is 48.8 Å². The van der Waals surface area contributed by atoms with E-state index in [1.54, 1.807) is 0 Å². The van der Waals surface area contributed by atoms with Crippen molar-refractivity contribution in [1.82, 2.24) is 0 Å². The number of rotatable bonds is 2. The summed E-state index contributed by atoms with van der Waals surface area (Å²) in [7, 11) is 0. The Kier molecular flexibility index (Phi) is 4.67. The molecule has 0 saturated heterocycles. The van der Waals surface area contributed by atoms with Gasteiger partial charge in [0.1, 0.15) is 0 Å². The maximum atomic E-state index is 12.3. The molecule has 1 aromatic carbocycles. The molecule has 1 rings (SSSR count). The smallest absolute Gasteiger partial charge is 0.166 e. The number of hydrogen-bond acceptors (Lipinski definition) is 1. The zero-order valence-electron chi connectivity index (χ0n) is 6.99. The van der Waals surface area contributed by atoms with Crippen molar-refractivity contribution in [2.24, 2.45) is 5.11 Å². The quantitative estimate of drug-likeness (QED) is 0.406. The van der Waals surface area contributed by atoms with Gasteiger partial charge in [0.25, 0.3) is 0 Å². The molecule has 0 atom stereocenters. The van der Waals surface area contributed by atoms with Gasteiger partial charge in [0.05, 0.1) is 12.1 Å². The fourth-order valence-corrected chi connectivity index (χ4v) is 1.04. The zero-order chi connectivity index (χ0) is 10.6. The van der Waals surface area contributed by atoms with Crippen molar-refractivity contribution in [3.63, 3.8) is 0 Å². The third-order valence-electron chi connectivity index (χ3n) is 1.63. The lowest BCUT2D eigenvalue weighted by molar-refractivity contribution is -0.138. The molecule has 6 heteroatoms. The first-order valence-corrected chi connectivity index (χ1v) is 3.71. The van der Waals surface area contributed by atoms with E-state index in [4.69, 9.17) is 5.53 Å². The Morgan fingerprint density at radius 3 is 2.40 bits per heavy atom. The van der Waals surface area contributed by atoms with Crippen LogP contribution in [0.25, 0.3) is 10.4 Å². The second-order valence-corrected chi connectivity index (χ2v) is 2.54.